The number of halogens is 1. The summed E-state index contributed by atoms with van der Waals surface area (Å²) in [6, 6.07) is 7.89. The number of nitrogens with zero attached hydrogens (tertiary/aromatic N) is 1. The maximum Gasteiger partial charge on any atom is 0.162 e. The third-order valence-corrected chi connectivity index (χ3v) is 2.60. The van der Waals surface area contributed by atoms with E-state index in [1.54, 1.807) is 37.5 Å². The van der Waals surface area contributed by atoms with Crippen molar-refractivity contribution in [3.63, 3.8) is 0 Å². The van der Waals surface area contributed by atoms with Crippen LogP contribution in [0.1, 0.15) is 23.7 Å². The fourth-order valence-electron chi connectivity index (χ4n) is 1.66. The lowest BCUT2D eigenvalue weighted by atomic mass is 10.0. The van der Waals surface area contributed by atoms with Crippen LogP contribution in [0, 0.1) is 5.82 Å². The van der Waals surface area contributed by atoms with Crippen LogP contribution in [0.15, 0.2) is 42.7 Å². The predicted molar refractivity (Wildman–Crippen MR) is 64.3 cm³/mol. The number of carbonyl (C=O) groups is 1. The molecule has 0 fully saturated rings. The van der Waals surface area contributed by atoms with Crippen LogP contribution in [0.25, 0.3) is 11.1 Å². The molecule has 3 heteroatoms. The van der Waals surface area contributed by atoms with E-state index in [1.807, 2.05) is 0 Å². The monoisotopic (exact) mass is 229 g/mol. The molecule has 0 N–H and O–H groups in total. The molecule has 0 atom stereocenters. The van der Waals surface area contributed by atoms with Crippen LogP contribution < -0.4 is 0 Å². The fraction of sp³-hybridized carbons (Fsp3) is 0.143. The number of aromatic nitrogens is 1. The molecule has 17 heavy (non-hydrogen) atoms. The Kier molecular flexibility index (Phi) is 3.28. The van der Waals surface area contributed by atoms with E-state index in [1.165, 1.54) is 12.1 Å². The van der Waals surface area contributed by atoms with Crippen molar-refractivity contribution in [1.29, 1.82) is 0 Å². The summed E-state index contributed by atoms with van der Waals surface area (Å²) < 4.78 is 13.7. The van der Waals surface area contributed by atoms with Crippen LogP contribution in [0.4, 0.5) is 4.39 Å². The van der Waals surface area contributed by atoms with Crippen LogP contribution in [-0.2, 0) is 0 Å². The van der Waals surface area contributed by atoms with Gasteiger partial charge >= 0.3 is 0 Å². The summed E-state index contributed by atoms with van der Waals surface area (Å²) in [4.78, 5) is 15.5. The second kappa shape index (κ2) is 4.87. The number of carbonyl (C=O) groups excluding carboxylic acids is 1. The Hall–Kier alpha value is -2.03. The van der Waals surface area contributed by atoms with E-state index in [-0.39, 0.29) is 11.6 Å². The molecule has 1 aromatic heterocycles. The van der Waals surface area contributed by atoms with E-state index >= 15 is 0 Å². The highest BCUT2D eigenvalue weighted by molar-refractivity contribution is 5.97. The zero-order chi connectivity index (χ0) is 12.3. The van der Waals surface area contributed by atoms with Crippen molar-refractivity contribution in [3.05, 3.63) is 54.1 Å². The van der Waals surface area contributed by atoms with Crippen LogP contribution in [0.3, 0.4) is 0 Å². The van der Waals surface area contributed by atoms with Gasteiger partial charge in [-0.25, -0.2) is 4.39 Å². The first-order valence-corrected chi connectivity index (χ1v) is 5.45. The molecule has 0 saturated heterocycles. The maximum absolute atomic E-state index is 13.7. The maximum atomic E-state index is 13.7. The van der Waals surface area contributed by atoms with Gasteiger partial charge in [0.25, 0.3) is 0 Å². The molecule has 0 radical (unpaired) electrons. The second-order valence-electron chi connectivity index (χ2n) is 3.71. The van der Waals surface area contributed by atoms with Crippen LogP contribution in [0.2, 0.25) is 0 Å². The Labute approximate surface area is 99.1 Å². The molecule has 1 heterocycles. The smallest absolute Gasteiger partial charge is 0.162 e. The average molecular weight is 229 g/mol. The number of benzene rings is 1. The molecule has 2 nitrogen and oxygen atoms in total. The number of rotatable bonds is 3. The van der Waals surface area contributed by atoms with E-state index in [9.17, 15) is 9.18 Å². The minimum absolute atomic E-state index is 0.0142. The van der Waals surface area contributed by atoms with Gasteiger partial charge in [0.15, 0.2) is 5.78 Å². The quantitative estimate of drug-likeness (QED) is 0.754. The number of pyridine rings is 1. The Morgan fingerprint density at radius 1 is 1.24 bits per heavy atom. The van der Waals surface area contributed by atoms with Gasteiger partial charge in [-0.05, 0) is 35.9 Å². The molecule has 0 unspecified atom stereocenters. The summed E-state index contributed by atoms with van der Waals surface area (Å²) in [7, 11) is 0. The van der Waals surface area contributed by atoms with Crippen LogP contribution >= 0.6 is 0 Å². The van der Waals surface area contributed by atoms with E-state index in [2.05, 4.69) is 4.98 Å². The minimum Gasteiger partial charge on any atom is -0.294 e. The van der Waals surface area contributed by atoms with Gasteiger partial charge in [0.05, 0.1) is 0 Å². The lowest BCUT2D eigenvalue weighted by molar-refractivity contribution is 0.0988. The molecule has 2 aromatic rings. The molecule has 86 valence electrons. The van der Waals surface area contributed by atoms with Crippen molar-refractivity contribution < 1.29 is 9.18 Å². The first-order chi connectivity index (χ1) is 8.22. The third-order valence-electron chi connectivity index (χ3n) is 2.60. The van der Waals surface area contributed by atoms with Crippen molar-refractivity contribution in [1.82, 2.24) is 4.98 Å². The van der Waals surface area contributed by atoms with Crippen molar-refractivity contribution in [2.75, 3.05) is 0 Å². The summed E-state index contributed by atoms with van der Waals surface area (Å²) in [6.45, 7) is 1.79. The molecule has 0 bridgehead atoms. The number of hydrogen-bond acceptors (Lipinski definition) is 2. The summed E-state index contributed by atoms with van der Waals surface area (Å²) >= 11 is 0. The van der Waals surface area contributed by atoms with Crippen LogP contribution in [-0.4, -0.2) is 10.8 Å². The SMILES string of the molecule is CCC(=O)c1ccc(F)c(-c2ccncc2)c1. The topological polar surface area (TPSA) is 30.0 Å². The van der Waals surface area contributed by atoms with Crippen molar-refractivity contribution >= 4 is 5.78 Å². The highest BCUT2D eigenvalue weighted by Gasteiger charge is 2.09. The molecular weight excluding hydrogens is 217 g/mol. The number of hydrogen-bond donors (Lipinski definition) is 0. The van der Waals surface area contributed by atoms with Gasteiger partial charge in [0, 0.05) is 29.9 Å². The molecule has 0 amide bonds. The lowest BCUT2D eigenvalue weighted by Gasteiger charge is -2.05. The first-order valence-electron chi connectivity index (χ1n) is 5.45. The van der Waals surface area contributed by atoms with Gasteiger partial charge in [-0.3, -0.25) is 9.78 Å². The summed E-state index contributed by atoms with van der Waals surface area (Å²) in [6.07, 6.45) is 3.62. The van der Waals surface area contributed by atoms with Crippen molar-refractivity contribution in [2.24, 2.45) is 0 Å². The Balaban J connectivity index is 2.50. The van der Waals surface area contributed by atoms with E-state index in [4.69, 9.17) is 0 Å². The second-order valence-corrected chi connectivity index (χ2v) is 3.71. The van der Waals surface area contributed by atoms with Gasteiger partial charge < -0.3 is 0 Å². The fourth-order valence-corrected chi connectivity index (χ4v) is 1.66. The Morgan fingerprint density at radius 3 is 2.59 bits per heavy atom. The Morgan fingerprint density at radius 2 is 1.94 bits per heavy atom. The zero-order valence-corrected chi connectivity index (χ0v) is 9.48. The Bertz CT molecular complexity index is 537. The highest BCUT2D eigenvalue weighted by Crippen LogP contribution is 2.23. The highest BCUT2D eigenvalue weighted by atomic mass is 19.1. The van der Waals surface area contributed by atoms with Gasteiger partial charge in [0.2, 0.25) is 0 Å². The van der Waals surface area contributed by atoms with Crippen molar-refractivity contribution in [3.8, 4) is 11.1 Å². The molecule has 0 spiro atoms. The molecule has 0 aliphatic carbocycles. The molecule has 0 aliphatic heterocycles. The largest absolute Gasteiger partial charge is 0.294 e. The van der Waals surface area contributed by atoms with Crippen LogP contribution in [0.5, 0.6) is 0 Å². The van der Waals surface area contributed by atoms with E-state index in [0.717, 1.165) is 5.56 Å². The molecule has 1 aromatic carbocycles. The van der Waals surface area contributed by atoms with Crippen molar-refractivity contribution in [2.45, 2.75) is 13.3 Å². The number of Topliss-reactive ketones (excluding diaryl/α,β-unsaturated/α-hetero) is 1. The lowest BCUT2D eigenvalue weighted by Crippen LogP contribution is -1.98. The van der Waals surface area contributed by atoms with Gasteiger partial charge in [0.1, 0.15) is 5.82 Å². The summed E-state index contributed by atoms with van der Waals surface area (Å²) in [5.74, 6) is -0.316. The first kappa shape index (κ1) is 11.5. The standard InChI is InChI=1S/C14H12FNO/c1-2-14(17)11-3-4-13(15)12(9-11)10-5-7-16-8-6-10/h3-9H,2H2,1H3. The summed E-state index contributed by atoms with van der Waals surface area (Å²) in [5, 5.41) is 0. The third kappa shape index (κ3) is 2.38. The summed E-state index contributed by atoms with van der Waals surface area (Å²) in [5.41, 5.74) is 1.70. The molecule has 0 saturated carbocycles. The van der Waals surface area contributed by atoms with Gasteiger partial charge in [-0.1, -0.05) is 6.92 Å². The average Bonchev–Trinajstić information content (AvgIpc) is 2.39. The van der Waals surface area contributed by atoms with Gasteiger partial charge in [-0.15, -0.1) is 0 Å². The molecule has 2 rings (SSSR count). The predicted octanol–water partition coefficient (Wildman–Crippen LogP) is 3.48. The van der Waals surface area contributed by atoms with E-state index in [0.29, 0.717) is 17.5 Å². The zero-order valence-electron chi connectivity index (χ0n) is 9.48. The van der Waals surface area contributed by atoms with Gasteiger partial charge in [-0.2, -0.15) is 0 Å². The number of ketones is 1. The van der Waals surface area contributed by atoms with E-state index < -0.39 is 0 Å². The minimum atomic E-state index is -0.330. The molecular formula is C14H12FNO. The normalized spacial score (nSPS) is 10.2. The molecule has 0 aliphatic rings.